The summed E-state index contributed by atoms with van der Waals surface area (Å²) in [5.41, 5.74) is 4.40. The van der Waals surface area contributed by atoms with Crippen LogP contribution in [0.4, 0.5) is 8.78 Å². The van der Waals surface area contributed by atoms with Crippen LogP contribution in [0, 0.1) is 11.6 Å². The number of halogens is 2. The molecule has 202 valence electrons. The molecular formula is C31H31F2N3O3. The van der Waals surface area contributed by atoms with Gasteiger partial charge in [0.25, 0.3) is 0 Å². The highest BCUT2D eigenvalue weighted by Crippen LogP contribution is 2.45. The monoisotopic (exact) mass is 531 g/mol. The summed E-state index contributed by atoms with van der Waals surface area (Å²) < 4.78 is 27.3. The lowest BCUT2D eigenvalue weighted by Crippen LogP contribution is -2.44. The maximum Gasteiger partial charge on any atom is 0.237 e. The maximum atomic E-state index is 13.7. The Morgan fingerprint density at radius 1 is 1.00 bits per heavy atom. The van der Waals surface area contributed by atoms with Crippen LogP contribution in [0.5, 0.6) is 0 Å². The molecule has 1 saturated heterocycles. The molecular weight excluding hydrogens is 500 g/mol. The second-order valence-corrected chi connectivity index (χ2v) is 10.2. The zero-order valence-electron chi connectivity index (χ0n) is 21.7. The molecule has 1 aliphatic carbocycles. The zero-order chi connectivity index (χ0) is 27.5. The molecule has 39 heavy (non-hydrogen) atoms. The van der Waals surface area contributed by atoms with E-state index < -0.39 is 29.8 Å². The van der Waals surface area contributed by atoms with Gasteiger partial charge in [-0.1, -0.05) is 42.5 Å². The molecule has 3 unspecified atom stereocenters. The molecule has 2 aliphatic rings. The molecule has 1 heterocycles. The third-order valence-electron chi connectivity index (χ3n) is 7.50. The van der Waals surface area contributed by atoms with E-state index in [0.29, 0.717) is 18.5 Å². The molecule has 0 aromatic heterocycles. The number of amides is 1. The summed E-state index contributed by atoms with van der Waals surface area (Å²) in [6, 6.07) is 15.0. The maximum absolute atomic E-state index is 13.7. The Morgan fingerprint density at radius 3 is 2.54 bits per heavy atom. The van der Waals surface area contributed by atoms with Crippen molar-refractivity contribution in [3.05, 3.63) is 94.6 Å². The first-order chi connectivity index (χ1) is 18.8. The van der Waals surface area contributed by atoms with Gasteiger partial charge in [0, 0.05) is 24.6 Å². The summed E-state index contributed by atoms with van der Waals surface area (Å²) in [5.74, 6) is -1.91. The first-order valence-electron chi connectivity index (χ1n) is 13.3. The van der Waals surface area contributed by atoms with Crippen molar-refractivity contribution < 1.29 is 23.2 Å². The molecule has 3 N–H and O–H groups in total. The molecule has 0 bridgehead atoms. The third-order valence-corrected chi connectivity index (χ3v) is 7.50. The SMILES string of the molecule is CC(NC1c2ccccc2-c2cccc(C(=O)CNC3CCCCNC3=O)c21)C(=O)Cc1cc(F)cc(F)c1. The fraction of sp³-hybridized carbons (Fsp3) is 0.323. The van der Waals surface area contributed by atoms with Crippen molar-refractivity contribution in [3.8, 4) is 11.1 Å². The van der Waals surface area contributed by atoms with Crippen molar-refractivity contribution in [2.45, 2.75) is 50.7 Å². The fourth-order valence-electron chi connectivity index (χ4n) is 5.53. The van der Waals surface area contributed by atoms with E-state index in [4.69, 9.17) is 0 Å². The number of carbonyl (C=O) groups is 3. The number of ketones is 2. The van der Waals surface area contributed by atoms with Gasteiger partial charge < -0.3 is 5.32 Å². The second-order valence-electron chi connectivity index (χ2n) is 10.2. The summed E-state index contributed by atoms with van der Waals surface area (Å²) in [5, 5.41) is 9.40. The van der Waals surface area contributed by atoms with E-state index in [1.807, 2.05) is 36.4 Å². The van der Waals surface area contributed by atoms with Crippen LogP contribution in [0.25, 0.3) is 11.1 Å². The van der Waals surface area contributed by atoms with E-state index in [9.17, 15) is 23.2 Å². The van der Waals surface area contributed by atoms with Gasteiger partial charge in [0.1, 0.15) is 11.6 Å². The molecule has 5 rings (SSSR count). The topological polar surface area (TPSA) is 87.3 Å². The van der Waals surface area contributed by atoms with Gasteiger partial charge in [-0.05, 0) is 66.1 Å². The Balaban J connectivity index is 1.38. The molecule has 6 nitrogen and oxygen atoms in total. The summed E-state index contributed by atoms with van der Waals surface area (Å²) in [6.45, 7) is 2.38. The normalized spacial score (nSPS) is 19.0. The summed E-state index contributed by atoms with van der Waals surface area (Å²) in [7, 11) is 0. The molecule has 3 aromatic rings. The molecule has 1 amide bonds. The van der Waals surface area contributed by atoms with Crippen molar-refractivity contribution in [2.24, 2.45) is 0 Å². The van der Waals surface area contributed by atoms with E-state index in [0.717, 1.165) is 53.3 Å². The van der Waals surface area contributed by atoms with Gasteiger partial charge in [0.15, 0.2) is 11.6 Å². The van der Waals surface area contributed by atoms with Crippen LogP contribution >= 0.6 is 0 Å². The molecule has 0 radical (unpaired) electrons. The van der Waals surface area contributed by atoms with Crippen LogP contribution in [0.3, 0.4) is 0 Å². The predicted octanol–water partition coefficient (Wildman–Crippen LogP) is 4.27. The van der Waals surface area contributed by atoms with E-state index in [1.54, 1.807) is 13.0 Å². The Kier molecular flexibility index (Phi) is 7.95. The number of benzene rings is 3. The Labute approximate surface area is 226 Å². The van der Waals surface area contributed by atoms with Crippen molar-refractivity contribution in [1.29, 1.82) is 0 Å². The van der Waals surface area contributed by atoms with Gasteiger partial charge in [-0.2, -0.15) is 0 Å². The van der Waals surface area contributed by atoms with Gasteiger partial charge in [0.05, 0.1) is 24.7 Å². The number of nitrogens with one attached hydrogen (secondary N) is 3. The number of hydrogen-bond acceptors (Lipinski definition) is 5. The quantitative estimate of drug-likeness (QED) is 0.359. The van der Waals surface area contributed by atoms with E-state index >= 15 is 0 Å². The van der Waals surface area contributed by atoms with Crippen molar-refractivity contribution in [2.75, 3.05) is 13.1 Å². The minimum absolute atomic E-state index is 0.0111. The van der Waals surface area contributed by atoms with Crippen molar-refractivity contribution in [1.82, 2.24) is 16.0 Å². The van der Waals surface area contributed by atoms with Crippen LogP contribution < -0.4 is 16.0 Å². The van der Waals surface area contributed by atoms with Gasteiger partial charge >= 0.3 is 0 Å². The summed E-state index contributed by atoms with van der Waals surface area (Å²) in [4.78, 5) is 38.9. The first kappa shape index (κ1) is 26.8. The number of carbonyl (C=O) groups excluding carboxylic acids is 3. The van der Waals surface area contributed by atoms with Gasteiger partial charge in [-0.3, -0.25) is 25.0 Å². The minimum atomic E-state index is -0.727. The minimum Gasteiger partial charge on any atom is -0.355 e. The average molecular weight is 532 g/mol. The van der Waals surface area contributed by atoms with Crippen molar-refractivity contribution in [3.63, 3.8) is 0 Å². The van der Waals surface area contributed by atoms with E-state index in [2.05, 4.69) is 16.0 Å². The molecule has 8 heteroatoms. The molecule has 3 atom stereocenters. The first-order valence-corrected chi connectivity index (χ1v) is 13.3. The van der Waals surface area contributed by atoms with Gasteiger partial charge in [-0.15, -0.1) is 0 Å². The molecule has 3 aromatic carbocycles. The predicted molar refractivity (Wildman–Crippen MR) is 144 cm³/mol. The number of fused-ring (bicyclic) bond motifs is 3. The highest BCUT2D eigenvalue weighted by atomic mass is 19.1. The van der Waals surface area contributed by atoms with Crippen LogP contribution in [0.2, 0.25) is 0 Å². The van der Waals surface area contributed by atoms with Crippen molar-refractivity contribution >= 4 is 17.5 Å². The van der Waals surface area contributed by atoms with E-state index in [-0.39, 0.29) is 36.0 Å². The number of rotatable bonds is 9. The average Bonchev–Trinajstić information content (AvgIpc) is 3.07. The highest BCUT2D eigenvalue weighted by Gasteiger charge is 2.34. The van der Waals surface area contributed by atoms with Crippen LogP contribution in [0.15, 0.2) is 60.7 Å². The smallest absolute Gasteiger partial charge is 0.237 e. The Hall–Kier alpha value is -3.75. The molecule has 1 aliphatic heterocycles. The molecule has 0 saturated carbocycles. The zero-order valence-corrected chi connectivity index (χ0v) is 21.7. The molecule has 0 spiro atoms. The Bertz CT molecular complexity index is 1400. The highest BCUT2D eigenvalue weighted by molar-refractivity contribution is 6.02. The van der Waals surface area contributed by atoms with Gasteiger partial charge in [-0.25, -0.2) is 8.78 Å². The lowest BCUT2D eigenvalue weighted by Gasteiger charge is -2.23. The lowest BCUT2D eigenvalue weighted by molar-refractivity contribution is -0.123. The molecule has 1 fully saturated rings. The number of Topliss-reactive ketones (excluding diaryl/α,β-unsaturated/α-hetero) is 2. The van der Waals surface area contributed by atoms with Gasteiger partial charge in [0.2, 0.25) is 5.91 Å². The fourth-order valence-corrected chi connectivity index (χ4v) is 5.53. The van der Waals surface area contributed by atoms with Crippen LogP contribution in [-0.4, -0.2) is 42.6 Å². The number of hydrogen-bond donors (Lipinski definition) is 3. The van der Waals surface area contributed by atoms with Crippen LogP contribution in [-0.2, 0) is 16.0 Å². The van der Waals surface area contributed by atoms with E-state index in [1.165, 1.54) is 0 Å². The second kappa shape index (κ2) is 11.6. The third kappa shape index (κ3) is 5.82. The largest absolute Gasteiger partial charge is 0.355 e. The lowest BCUT2D eigenvalue weighted by atomic mass is 9.94. The van der Waals surface area contributed by atoms with Crippen LogP contribution in [0.1, 0.15) is 59.3 Å². The summed E-state index contributed by atoms with van der Waals surface area (Å²) >= 11 is 0. The standard InChI is InChI=1S/C31H31F2N3O3/c1-18(27(37)15-19-13-20(32)16-21(33)14-19)36-30-24-8-3-2-7-22(24)23-9-6-10-25(29(23)30)28(38)17-35-26-11-4-5-12-34-31(26)39/h2-3,6-10,13-14,16,18,26,30,35-36H,4-5,11-12,15,17H2,1H3,(H,34,39). The summed E-state index contributed by atoms with van der Waals surface area (Å²) in [6.07, 6.45) is 2.37. The Morgan fingerprint density at radius 2 is 1.74 bits per heavy atom.